The zero-order chi connectivity index (χ0) is 14.2. The minimum absolute atomic E-state index is 0.107. The molecule has 1 saturated carbocycles. The molecule has 1 aromatic carbocycles. The molecule has 1 aromatic rings. The van der Waals surface area contributed by atoms with E-state index in [2.05, 4.69) is 38.2 Å². The second-order valence-electron chi connectivity index (χ2n) is 6.59. The van der Waals surface area contributed by atoms with Gasteiger partial charge in [-0.2, -0.15) is 0 Å². The maximum atomic E-state index is 6.22. The summed E-state index contributed by atoms with van der Waals surface area (Å²) < 4.78 is 12.3. The van der Waals surface area contributed by atoms with Gasteiger partial charge in [0.15, 0.2) is 11.5 Å². The van der Waals surface area contributed by atoms with Gasteiger partial charge in [0, 0.05) is 18.0 Å². The standard InChI is InChI=1S/C17H25NO2/c1-4-18-13-8-9-14(10-13)19-15-7-5-6-12-11-17(2,3)20-16(12)15/h5-7,13-14,18H,4,8-11H2,1-3H3. The zero-order valence-corrected chi connectivity index (χ0v) is 12.7. The number of nitrogens with one attached hydrogen (secondary N) is 1. The number of hydrogen-bond donors (Lipinski definition) is 1. The normalized spacial score (nSPS) is 27.1. The fraction of sp³-hybridized carbons (Fsp3) is 0.647. The van der Waals surface area contributed by atoms with E-state index >= 15 is 0 Å². The lowest BCUT2D eigenvalue weighted by atomic mass is 10.0. The van der Waals surface area contributed by atoms with Crippen LogP contribution in [0.15, 0.2) is 18.2 Å². The summed E-state index contributed by atoms with van der Waals surface area (Å²) in [6, 6.07) is 6.88. The van der Waals surface area contributed by atoms with Crippen molar-refractivity contribution >= 4 is 0 Å². The van der Waals surface area contributed by atoms with Crippen LogP contribution in [0.25, 0.3) is 0 Å². The van der Waals surface area contributed by atoms with Crippen LogP contribution in [-0.4, -0.2) is 24.3 Å². The molecule has 20 heavy (non-hydrogen) atoms. The summed E-state index contributed by atoms with van der Waals surface area (Å²) in [5.41, 5.74) is 1.16. The molecular weight excluding hydrogens is 250 g/mol. The molecule has 2 atom stereocenters. The van der Waals surface area contributed by atoms with E-state index < -0.39 is 0 Å². The first-order chi connectivity index (χ1) is 9.57. The van der Waals surface area contributed by atoms with Crippen molar-refractivity contribution in [2.24, 2.45) is 0 Å². The highest BCUT2D eigenvalue weighted by atomic mass is 16.5. The van der Waals surface area contributed by atoms with Crippen molar-refractivity contribution in [1.29, 1.82) is 0 Å². The van der Waals surface area contributed by atoms with Gasteiger partial charge in [0.2, 0.25) is 0 Å². The van der Waals surface area contributed by atoms with Gasteiger partial charge < -0.3 is 14.8 Å². The van der Waals surface area contributed by atoms with Crippen molar-refractivity contribution in [3.63, 3.8) is 0 Å². The number of hydrogen-bond acceptors (Lipinski definition) is 3. The second-order valence-corrected chi connectivity index (χ2v) is 6.59. The number of rotatable bonds is 4. The van der Waals surface area contributed by atoms with Crippen LogP contribution in [0, 0.1) is 0 Å². The molecule has 3 nitrogen and oxygen atoms in total. The molecule has 0 radical (unpaired) electrons. The van der Waals surface area contributed by atoms with E-state index in [1.165, 1.54) is 12.0 Å². The summed E-state index contributed by atoms with van der Waals surface area (Å²) in [5, 5.41) is 3.51. The van der Waals surface area contributed by atoms with E-state index in [0.717, 1.165) is 37.3 Å². The Balaban J connectivity index is 1.70. The molecule has 0 aromatic heterocycles. The molecule has 0 amide bonds. The number of ether oxygens (including phenoxy) is 2. The summed E-state index contributed by atoms with van der Waals surface area (Å²) in [5.74, 6) is 1.89. The fourth-order valence-corrected chi connectivity index (χ4v) is 3.38. The molecular formula is C17H25NO2. The fourth-order valence-electron chi connectivity index (χ4n) is 3.38. The van der Waals surface area contributed by atoms with E-state index in [1.807, 2.05) is 6.07 Å². The highest BCUT2D eigenvalue weighted by Crippen LogP contribution is 2.42. The Morgan fingerprint density at radius 1 is 1.35 bits per heavy atom. The van der Waals surface area contributed by atoms with Crippen LogP contribution in [0.2, 0.25) is 0 Å². The smallest absolute Gasteiger partial charge is 0.165 e. The largest absolute Gasteiger partial charge is 0.486 e. The molecule has 2 aliphatic rings. The van der Waals surface area contributed by atoms with Gasteiger partial charge in [-0.25, -0.2) is 0 Å². The molecule has 1 fully saturated rings. The first kappa shape index (κ1) is 13.7. The van der Waals surface area contributed by atoms with Gasteiger partial charge in [-0.15, -0.1) is 0 Å². The Labute approximate surface area is 121 Å². The van der Waals surface area contributed by atoms with Gasteiger partial charge in [-0.1, -0.05) is 19.1 Å². The van der Waals surface area contributed by atoms with Gasteiger partial charge in [0.25, 0.3) is 0 Å². The van der Waals surface area contributed by atoms with E-state index in [9.17, 15) is 0 Å². The Hall–Kier alpha value is -1.22. The average Bonchev–Trinajstić information content (AvgIpc) is 2.93. The molecule has 3 rings (SSSR count). The Kier molecular flexibility index (Phi) is 3.63. The van der Waals surface area contributed by atoms with E-state index in [0.29, 0.717) is 12.1 Å². The van der Waals surface area contributed by atoms with Gasteiger partial charge >= 0.3 is 0 Å². The molecule has 2 unspecified atom stereocenters. The minimum Gasteiger partial charge on any atom is -0.486 e. The third-order valence-electron chi connectivity index (χ3n) is 4.23. The number of para-hydroxylation sites is 1. The first-order valence-electron chi connectivity index (χ1n) is 7.78. The third kappa shape index (κ3) is 2.78. The second kappa shape index (κ2) is 5.28. The maximum Gasteiger partial charge on any atom is 0.165 e. The lowest BCUT2D eigenvalue weighted by molar-refractivity contribution is 0.125. The van der Waals surface area contributed by atoms with Crippen LogP contribution in [0.4, 0.5) is 0 Å². The summed E-state index contributed by atoms with van der Waals surface area (Å²) in [4.78, 5) is 0. The van der Waals surface area contributed by atoms with Crippen LogP contribution in [0.5, 0.6) is 11.5 Å². The lowest BCUT2D eigenvalue weighted by Crippen LogP contribution is -2.27. The van der Waals surface area contributed by atoms with Crippen LogP contribution < -0.4 is 14.8 Å². The molecule has 0 bridgehead atoms. The quantitative estimate of drug-likeness (QED) is 0.914. The van der Waals surface area contributed by atoms with E-state index in [-0.39, 0.29) is 5.60 Å². The third-order valence-corrected chi connectivity index (χ3v) is 4.23. The van der Waals surface area contributed by atoms with Gasteiger partial charge in [0.05, 0.1) is 0 Å². The molecule has 0 saturated heterocycles. The Bertz CT molecular complexity index is 484. The Morgan fingerprint density at radius 3 is 3.00 bits per heavy atom. The van der Waals surface area contributed by atoms with Crippen molar-refractivity contribution in [3.8, 4) is 11.5 Å². The molecule has 1 aliphatic heterocycles. The highest BCUT2D eigenvalue weighted by molar-refractivity contribution is 5.50. The molecule has 1 heterocycles. The SMILES string of the molecule is CCNC1CCC(Oc2cccc3c2OC(C)(C)C3)C1. The van der Waals surface area contributed by atoms with E-state index in [1.54, 1.807) is 0 Å². The van der Waals surface area contributed by atoms with E-state index in [4.69, 9.17) is 9.47 Å². The summed E-state index contributed by atoms with van der Waals surface area (Å²) in [7, 11) is 0. The van der Waals surface area contributed by atoms with Crippen LogP contribution in [-0.2, 0) is 6.42 Å². The maximum absolute atomic E-state index is 6.22. The van der Waals surface area contributed by atoms with Gasteiger partial charge in [0.1, 0.15) is 11.7 Å². The molecule has 1 aliphatic carbocycles. The Morgan fingerprint density at radius 2 is 2.20 bits per heavy atom. The van der Waals surface area contributed by atoms with Crippen LogP contribution in [0.3, 0.4) is 0 Å². The van der Waals surface area contributed by atoms with Crippen molar-refractivity contribution in [2.45, 2.75) is 64.2 Å². The average molecular weight is 275 g/mol. The highest BCUT2D eigenvalue weighted by Gasteiger charge is 2.33. The van der Waals surface area contributed by atoms with Gasteiger partial charge in [-0.05, 0) is 45.7 Å². The monoisotopic (exact) mass is 275 g/mol. The lowest BCUT2D eigenvalue weighted by Gasteiger charge is -2.20. The van der Waals surface area contributed by atoms with Crippen molar-refractivity contribution in [3.05, 3.63) is 23.8 Å². The molecule has 3 heteroatoms. The topological polar surface area (TPSA) is 30.5 Å². The van der Waals surface area contributed by atoms with Crippen molar-refractivity contribution in [2.75, 3.05) is 6.54 Å². The molecule has 110 valence electrons. The van der Waals surface area contributed by atoms with Gasteiger partial charge in [-0.3, -0.25) is 0 Å². The van der Waals surface area contributed by atoms with Crippen molar-refractivity contribution < 1.29 is 9.47 Å². The predicted molar refractivity (Wildman–Crippen MR) is 80.6 cm³/mol. The number of benzene rings is 1. The first-order valence-corrected chi connectivity index (χ1v) is 7.78. The van der Waals surface area contributed by atoms with Crippen LogP contribution in [0.1, 0.15) is 45.6 Å². The number of fused-ring (bicyclic) bond motifs is 1. The summed E-state index contributed by atoms with van der Waals surface area (Å²) in [6.07, 6.45) is 4.72. The zero-order valence-electron chi connectivity index (χ0n) is 12.7. The minimum atomic E-state index is -0.107. The molecule has 1 N–H and O–H groups in total. The summed E-state index contributed by atoms with van der Waals surface area (Å²) in [6.45, 7) is 7.46. The van der Waals surface area contributed by atoms with Crippen LogP contribution >= 0.6 is 0 Å². The van der Waals surface area contributed by atoms with Crippen molar-refractivity contribution in [1.82, 2.24) is 5.32 Å². The molecule has 0 spiro atoms. The summed E-state index contributed by atoms with van der Waals surface area (Å²) >= 11 is 0. The predicted octanol–water partition coefficient (Wildman–Crippen LogP) is 3.31.